The Balaban J connectivity index is 2.51. The van der Waals surface area contributed by atoms with E-state index in [1.165, 1.54) is 0 Å². The van der Waals surface area contributed by atoms with E-state index >= 15 is 0 Å². The van der Waals surface area contributed by atoms with Crippen molar-refractivity contribution in [3.63, 3.8) is 0 Å². The van der Waals surface area contributed by atoms with Crippen molar-refractivity contribution in [2.75, 3.05) is 13.7 Å². The second-order valence-corrected chi connectivity index (χ2v) is 1.42. The lowest BCUT2D eigenvalue weighted by molar-refractivity contribution is 0.170. The monoisotopic (exact) mass is 112 g/mol. The summed E-state index contributed by atoms with van der Waals surface area (Å²) < 4.78 is 0. The number of oxime groups is 1. The van der Waals surface area contributed by atoms with Crippen molar-refractivity contribution in [1.29, 1.82) is 0 Å². The van der Waals surface area contributed by atoms with Gasteiger partial charge in [-0.05, 0) is 12.2 Å². The zero-order valence-electron chi connectivity index (χ0n) is 4.72. The minimum absolute atomic E-state index is 0.588. The maximum atomic E-state index is 4.71. The van der Waals surface area contributed by atoms with Gasteiger partial charge < -0.3 is 10.2 Å². The van der Waals surface area contributed by atoms with Gasteiger partial charge in [0.1, 0.15) is 6.61 Å². The number of nitrogens with zero attached hydrogens (tertiary/aromatic N) is 1. The third kappa shape index (κ3) is 0.992. The Bertz CT molecular complexity index is 128. The normalized spacial score (nSPS) is 16.9. The fourth-order valence-electron chi connectivity index (χ4n) is 0.469. The second-order valence-electron chi connectivity index (χ2n) is 1.42. The summed E-state index contributed by atoms with van der Waals surface area (Å²) in [5.41, 5.74) is 0. The van der Waals surface area contributed by atoms with Crippen LogP contribution in [0.5, 0.6) is 0 Å². The molecule has 0 spiro atoms. The van der Waals surface area contributed by atoms with Crippen molar-refractivity contribution in [3.05, 3.63) is 12.2 Å². The highest BCUT2D eigenvalue weighted by atomic mass is 16.6. The van der Waals surface area contributed by atoms with Gasteiger partial charge in [0.25, 0.3) is 0 Å². The van der Waals surface area contributed by atoms with Crippen LogP contribution in [0, 0.1) is 0 Å². The Labute approximate surface area is 48.0 Å². The van der Waals surface area contributed by atoms with Crippen LogP contribution in [-0.4, -0.2) is 19.5 Å². The molecule has 0 saturated heterocycles. The van der Waals surface area contributed by atoms with Gasteiger partial charge in [0.2, 0.25) is 0 Å². The zero-order valence-corrected chi connectivity index (χ0v) is 4.72. The summed E-state index contributed by atoms with van der Waals surface area (Å²) in [5.74, 6) is 0.774. The van der Waals surface area contributed by atoms with Crippen LogP contribution < -0.4 is 5.32 Å². The molecule has 0 saturated carbocycles. The molecule has 0 radical (unpaired) electrons. The van der Waals surface area contributed by atoms with E-state index in [9.17, 15) is 0 Å². The lowest BCUT2D eigenvalue weighted by atomic mass is 10.4. The van der Waals surface area contributed by atoms with Crippen LogP contribution in [0.1, 0.15) is 0 Å². The molecule has 1 aliphatic heterocycles. The largest absolute Gasteiger partial charge is 0.390 e. The van der Waals surface area contributed by atoms with Crippen LogP contribution in [0.2, 0.25) is 0 Å². The van der Waals surface area contributed by atoms with Crippen molar-refractivity contribution >= 4 is 5.84 Å². The summed E-state index contributed by atoms with van der Waals surface area (Å²) in [6.45, 7) is 0.588. The number of hydrogen-bond acceptors (Lipinski definition) is 3. The average Bonchev–Trinajstić information content (AvgIpc) is 1.90. The van der Waals surface area contributed by atoms with E-state index in [0.717, 1.165) is 5.84 Å². The maximum absolute atomic E-state index is 4.71. The van der Waals surface area contributed by atoms with Crippen LogP contribution in [0.25, 0.3) is 0 Å². The van der Waals surface area contributed by atoms with Crippen molar-refractivity contribution in [2.45, 2.75) is 0 Å². The Morgan fingerprint density at radius 2 is 2.75 bits per heavy atom. The summed E-state index contributed by atoms with van der Waals surface area (Å²) in [6, 6.07) is 0. The molecule has 0 aromatic heterocycles. The van der Waals surface area contributed by atoms with E-state index in [2.05, 4.69) is 10.5 Å². The molecule has 8 heavy (non-hydrogen) atoms. The zero-order chi connectivity index (χ0) is 5.82. The van der Waals surface area contributed by atoms with Crippen molar-refractivity contribution < 1.29 is 4.84 Å². The van der Waals surface area contributed by atoms with E-state index in [0.29, 0.717) is 6.61 Å². The summed E-state index contributed by atoms with van der Waals surface area (Å²) in [6.07, 6.45) is 3.78. The predicted molar refractivity (Wildman–Crippen MR) is 31.6 cm³/mol. The highest BCUT2D eigenvalue weighted by Gasteiger charge is 1.92. The Morgan fingerprint density at radius 1 is 1.88 bits per heavy atom. The Morgan fingerprint density at radius 3 is 3.12 bits per heavy atom. The third-order valence-electron chi connectivity index (χ3n) is 0.866. The molecule has 0 aliphatic carbocycles. The first-order valence-electron chi connectivity index (χ1n) is 2.48. The lowest BCUT2D eigenvalue weighted by Gasteiger charge is -2.03. The van der Waals surface area contributed by atoms with E-state index in [4.69, 9.17) is 4.84 Å². The van der Waals surface area contributed by atoms with E-state index in [1.54, 1.807) is 7.05 Å². The van der Waals surface area contributed by atoms with E-state index < -0.39 is 0 Å². The third-order valence-corrected chi connectivity index (χ3v) is 0.866. The van der Waals surface area contributed by atoms with Gasteiger partial charge >= 0.3 is 0 Å². The summed E-state index contributed by atoms with van der Waals surface area (Å²) in [5, 5.41) is 6.51. The molecule has 1 rings (SSSR count). The number of nitrogens with one attached hydrogen (secondary N) is 1. The van der Waals surface area contributed by atoms with Gasteiger partial charge in [-0.15, -0.1) is 0 Å². The summed E-state index contributed by atoms with van der Waals surface area (Å²) >= 11 is 0. The van der Waals surface area contributed by atoms with Crippen LogP contribution in [0.4, 0.5) is 0 Å². The van der Waals surface area contributed by atoms with Gasteiger partial charge in [-0.25, -0.2) is 0 Å². The fraction of sp³-hybridized carbons (Fsp3) is 0.400. The molecule has 0 aromatic carbocycles. The summed E-state index contributed by atoms with van der Waals surface area (Å²) in [7, 11) is 1.80. The van der Waals surface area contributed by atoms with Gasteiger partial charge in [0, 0.05) is 7.05 Å². The molecule has 1 N–H and O–H groups in total. The second kappa shape index (κ2) is 2.35. The minimum Gasteiger partial charge on any atom is -0.390 e. The lowest BCUT2D eigenvalue weighted by Crippen LogP contribution is -2.17. The van der Waals surface area contributed by atoms with Gasteiger partial charge in [-0.2, -0.15) is 0 Å². The molecule has 0 atom stereocenters. The Hall–Kier alpha value is -0.990. The standard InChI is InChI=1S/C5H8N2O/c1-6-5-3-2-4-8-7-5/h2-3H,4H2,1H3,(H,6,7). The number of hydrogen-bond donors (Lipinski definition) is 1. The van der Waals surface area contributed by atoms with Crippen molar-refractivity contribution in [1.82, 2.24) is 5.32 Å². The first-order valence-corrected chi connectivity index (χ1v) is 2.48. The van der Waals surface area contributed by atoms with Crippen LogP contribution in [0.3, 0.4) is 0 Å². The molecule has 1 aliphatic rings. The van der Waals surface area contributed by atoms with Crippen molar-refractivity contribution in [2.24, 2.45) is 5.16 Å². The number of likely N-dealkylation sites (N-methyl/N-ethyl adjacent to an activating group) is 1. The van der Waals surface area contributed by atoms with Gasteiger partial charge in [-0.3, -0.25) is 0 Å². The Kier molecular flexibility index (Phi) is 1.51. The molecule has 0 bridgehead atoms. The van der Waals surface area contributed by atoms with Crippen LogP contribution in [0.15, 0.2) is 17.3 Å². The molecular weight excluding hydrogens is 104 g/mol. The van der Waals surface area contributed by atoms with Gasteiger partial charge in [0.05, 0.1) is 0 Å². The highest BCUT2D eigenvalue weighted by Crippen LogP contribution is 1.88. The molecule has 1 heterocycles. The first-order chi connectivity index (χ1) is 3.93. The molecular formula is C5H8N2O. The molecule has 0 unspecified atom stereocenters. The maximum Gasteiger partial charge on any atom is 0.165 e. The summed E-state index contributed by atoms with van der Waals surface area (Å²) in [4.78, 5) is 4.71. The minimum atomic E-state index is 0.588. The highest BCUT2D eigenvalue weighted by molar-refractivity contribution is 5.92. The van der Waals surface area contributed by atoms with Gasteiger partial charge in [-0.1, -0.05) is 5.16 Å². The SMILES string of the molecule is CNC1=NOCC=C1. The van der Waals surface area contributed by atoms with E-state index in [-0.39, 0.29) is 0 Å². The topological polar surface area (TPSA) is 33.6 Å². The smallest absolute Gasteiger partial charge is 0.165 e. The molecule has 0 amide bonds. The van der Waals surface area contributed by atoms with Crippen molar-refractivity contribution in [3.8, 4) is 0 Å². The van der Waals surface area contributed by atoms with Crippen LogP contribution >= 0.6 is 0 Å². The number of amidine groups is 1. The molecule has 0 aromatic rings. The fourth-order valence-corrected chi connectivity index (χ4v) is 0.469. The molecule has 0 fully saturated rings. The predicted octanol–water partition coefficient (Wildman–Crippen LogP) is 0.106. The quantitative estimate of drug-likeness (QED) is 0.482. The van der Waals surface area contributed by atoms with E-state index in [1.807, 2.05) is 12.2 Å². The average molecular weight is 112 g/mol. The molecule has 44 valence electrons. The molecule has 3 heteroatoms. The first kappa shape index (κ1) is 5.15. The van der Waals surface area contributed by atoms with Gasteiger partial charge in [0.15, 0.2) is 5.84 Å². The number of rotatable bonds is 0. The van der Waals surface area contributed by atoms with Crippen LogP contribution in [-0.2, 0) is 4.84 Å². The molecule has 3 nitrogen and oxygen atoms in total.